The third kappa shape index (κ3) is 3.00. The molecule has 0 radical (unpaired) electrons. The first kappa shape index (κ1) is 14.5. The van der Waals surface area contributed by atoms with Crippen LogP contribution in [-0.2, 0) is 15.6 Å². The molecule has 0 fully saturated rings. The molecule has 0 aromatic carbocycles. The third-order valence-corrected chi connectivity index (χ3v) is 6.07. The maximum Gasteiger partial charge on any atom is 0.358 e. The Bertz CT molecular complexity index is 458. The van der Waals surface area contributed by atoms with Gasteiger partial charge in [-0.1, -0.05) is 6.07 Å². The first-order chi connectivity index (χ1) is 7.58. The predicted octanol–water partition coefficient (Wildman–Crippen LogP) is -0.408. The number of nitrogens with zero attached hydrogens (tertiary/aromatic N) is 1. The molecule has 0 aliphatic rings. The van der Waals surface area contributed by atoms with Gasteiger partial charge in [-0.2, -0.15) is 0 Å². The van der Waals surface area contributed by atoms with Crippen molar-refractivity contribution in [2.75, 3.05) is 0 Å². The van der Waals surface area contributed by atoms with Crippen LogP contribution in [0.5, 0.6) is 0 Å². The van der Waals surface area contributed by atoms with E-state index >= 15 is 0 Å². The molecule has 10 heteroatoms. The summed E-state index contributed by atoms with van der Waals surface area (Å²) in [7, 11) is -10.4. The van der Waals surface area contributed by atoms with Crippen molar-refractivity contribution in [1.82, 2.24) is 4.98 Å². The fourth-order valence-electron chi connectivity index (χ4n) is 1.14. The predicted molar refractivity (Wildman–Crippen MR) is 58.9 cm³/mol. The van der Waals surface area contributed by atoms with Crippen molar-refractivity contribution >= 4 is 15.2 Å². The first-order valence-corrected chi connectivity index (χ1v) is 7.60. The Hall–Kier alpha value is -0.590. The molecule has 0 saturated carbocycles. The normalized spacial score (nSPS) is 13.7. The summed E-state index contributed by atoms with van der Waals surface area (Å²) in [4.78, 5) is 39.7. The largest absolute Gasteiger partial charge is 0.358 e. The molecule has 0 bridgehead atoms. The van der Waals surface area contributed by atoms with Crippen molar-refractivity contribution in [3.05, 3.63) is 30.1 Å². The molecule has 1 aromatic heterocycles. The number of hydrogen-bond donors (Lipinski definition) is 5. The monoisotopic (exact) mass is 282 g/mol. The van der Waals surface area contributed by atoms with E-state index in [1.807, 2.05) is 0 Å². The standard InChI is InChI=1S/C7H12N2O6P2/c8-7(16(10,11)12,17(13,14)15)5-6-3-1-2-4-9-6/h1-4H,5,8H2,(H2,10,11,12)(H2,13,14,15). The highest BCUT2D eigenvalue weighted by Gasteiger charge is 2.57. The van der Waals surface area contributed by atoms with Crippen LogP contribution < -0.4 is 5.73 Å². The Kier molecular flexibility index (Phi) is 3.91. The SMILES string of the molecule is NC(Cc1ccccn1)(P(=O)(O)O)P(=O)(O)O. The molecule has 1 aromatic rings. The number of rotatable bonds is 4. The highest BCUT2D eigenvalue weighted by atomic mass is 31.2. The van der Waals surface area contributed by atoms with Gasteiger partial charge in [0.05, 0.1) is 0 Å². The maximum absolute atomic E-state index is 11.2. The smallest absolute Gasteiger partial charge is 0.323 e. The molecule has 6 N–H and O–H groups in total. The summed E-state index contributed by atoms with van der Waals surface area (Å²) < 4.78 is 22.3. The van der Waals surface area contributed by atoms with Crippen LogP contribution in [0.2, 0.25) is 0 Å². The average Bonchev–Trinajstić information content (AvgIpc) is 2.15. The molecule has 17 heavy (non-hydrogen) atoms. The van der Waals surface area contributed by atoms with Crippen molar-refractivity contribution in [1.29, 1.82) is 0 Å². The highest BCUT2D eigenvalue weighted by Crippen LogP contribution is 2.66. The Morgan fingerprint density at radius 3 is 2.06 bits per heavy atom. The first-order valence-electron chi connectivity index (χ1n) is 4.38. The van der Waals surface area contributed by atoms with Gasteiger partial charge in [0.2, 0.25) is 5.02 Å². The lowest BCUT2D eigenvalue weighted by Crippen LogP contribution is -2.41. The number of hydrogen-bond acceptors (Lipinski definition) is 4. The van der Waals surface area contributed by atoms with E-state index in [4.69, 9.17) is 25.3 Å². The van der Waals surface area contributed by atoms with Crippen LogP contribution in [0.25, 0.3) is 0 Å². The summed E-state index contributed by atoms with van der Waals surface area (Å²) >= 11 is 0. The maximum atomic E-state index is 11.2. The van der Waals surface area contributed by atoms with Crippen LogP contribution in [0, 0.1) is 0 Å². The van der Waals surface area contributed by atoms with Gasteiger partial charge >= 0.3 is 15.2 Å². The van der Waals surface area contributed by atoms with Crippen molar-refractivity contribution in [2.24, 2.45) is 5.73 Å². The third-order valence-electron chi connectivity index (χ3n) is 2.18. The minimum absolute atomic E-state index is 0.0849. The summed E-state index contributed by atoms with van der Waals surface area (Å²) in [5, 5.41) is -2.95. The zero-order valence-electron chi connectivity index (χ0n) is 8.54. The highest BCUT2D eigenvalue weighted by molar-refractivity contribution is 7.72. The summed E-state index contributed by atoms with van der Waals surface area (Å²) in [6, 6.07) is 4.44. The molecule has 0 spiro atoms. The topological polar surface area (TPSA) is 154 Å². The van der Waals surface area contributed by atoms with Crippen LogP contribution in [0.1, 0.15) is 5.69 Å². The lowest BCUT2D eigenvalue weighted by Gasteiger charge is -2.30. The van der Waals surface area contributed by atoms with E-state index in [2.05, 4.69) is 4.98 Å². The van der Waals surface area contributed by atoms with E-state index in [0.717, 1.165) is 0 Å². The van der Waals surface area contributed by atoms with Gasteiger partial charge in [-0.05, 0) is 12.1 Å². The van der Waals surface area contributed by atoms with Crippen LogP contribution in [0.4, 0.5) is 0 Å². The minimum atomic E-state index is -5.20. The number of aromatic nitrogens is 1. The Labute approximate surface area is 96.8 Å². The van der Waals surface area contributed by atoms with Crippen molar-refractivity contribution in [2.45, 2.75) is 11.4 Å². The number of nitrogens with two attached hydrogens (primary N) is 1. The molecular weight excluding hydrogens is 270 g/mol. The second kappa shape index (κ2) is 4.59. The van der Waals surface area contributed by atoms with Crippen molar-refractivity contribution < 1.29 is 28.7 Å². The van der Waals surface area contributed by atoms with Gasteiger partial charge in [0.15, 0.2) is 0 Å². The molecule has 0 saturated heterocycles. The molecule has 1 heterocycles. The van der Waals surface area contributed by atoms with Gasteiger partial charge in [-0.3, -0.25) is 14.1 Å². The van der Waals surface area contributed by atoms with Crippen LogP contribution in [0.3, 0.4) is 0 Å². The molecule has 0 atom stereocenters. The van der Waals surface area contributed by atoms with Crippen molar-refractivity contribution in [3.8, 4) is 0 Å². The fourth-order valence-corrected chi connectivity index (χ4v) is 3.24. The summed E-state index contributed by atoms with van der Waals surface area (Å²) in [5.41, 5.74) is 5.30. The quantitative estimate of drug-likeness (QED) is 0.467. The molecule has 8 nitrogen and oxygen atoms in total. The number of pyridine rings is 1. The summed E-state index contributed by atoms with van der Waals surface area (Å²) in [5.74, 6) is 0. The summed E-state index contributed by atoms with van der Waals surface area (Å²) in [6.07, 6.45) is 0.609. The van der Waals surface area contributed by atoms with Gasteiger partial charge < -0.3 is 25.3 Å². The van der Waals surface area contributed by atoms with E-state index in [1.54, 1.807) is 6.07 Å². The van der Waals surface area contributed by atoms with E-state index in [0.29, 0.717) is 0 Å². The van der Waals surface area contributed by atoms with Crippen LogP contribution in [0.15, 0.2) is 24.4 Å². The van der Waals surface area contributed by atoms with Gasteiger partial charge in [0.25, 0.3) is 0 Å². The van der Waals surface area contributed by atoms with E-state index in [9.17, 15) is 9.13 Å². The molecule has 96 valence electrons. The van der Waals surface area contributed by atoms with E-state index in [1.165, 1.54) is 18.3 Å². The molecule has 1 rings (SSSR count). The zero-order valence-corrected chi connectivity index (χ0v) is 10.3. The lowest BCUT2D eigenvalue weighted by molar-refractivity contribution is 0.307. The second-order valence-electron chi connectivity index (χ2n) is 3.46. The molecule has 0 unspecified atom stereocenters. The molecule has 0 aliphatic carbocycles. The van der Waals surface area contributed by atoms with Gasteiger partial charge in [-0.25, -0.2) is 0 Å². The van der Waals surface area contributed by atoms with E-state index < -0.39 is 26.6 Å². The van der Waals surface area contributed by atoms with Crippen molar-refractivity contribution in [3.63, 3.8) is 0 Å². The fraction of sp³-hybridized carbons (Fsp3) is 0.286. The van der Waals surface area contributed by atoms with Gasteiger partial charge in [0, 0.05) is 18.3 Å². The molecule has 0 aliphatic heterocycles. The Morgan fingerprint density at radius 1 is 1.18 bits per heavy atom. The lowest BCUT2D eigenvalue weighted by atomic mass is 10.3. The Morgan fingerprint density at radius 2 is 1.71 bits per heavy atom. The molecule has 0 amide bonds. The van der Waals surface area contributed by atoms with E-state index in [-0.39, 0.29) is 5.69 Å². The Balaban J connectivity index is 3.20. The molecular formula is C7H12N2O6P2. The second-order valence-corrected chi connectivity index (χ2v) is 7.59. The van der Waals surface area contributed by atoms with Crippen LogP contribution >= 0.6 is 15.2 Å². The van der Waals surface area contributed by atoms with Crippen LogP contribution in [-0.4, -0.2) is 29.6 Å². The van der Waals surface area contributed by atoms with Gasteiger partial charge in [0.1, 0.15) is 0 Å². The zero-order chi connectivity index (χ0) is 13.3. The summed E-state index contributed by atoms with van der Waals surface area (Å²) in [6.45, 7) is 0. The average molecular weight is 282 g/mol. The van der Waals surface area contributed by atoms with Gasteiger partial charge in [-0.15, -0.1) is 0 Å². The minimum Gasteiger partial charge on any atom is -0.323 e.